The second-order valence-corrected chi connectivity index (χ2v) is 4.70. The molecule has 0 saturated heterocycles. The summed E-state index contributed by atoms with van der Waals surface area (Å²) in [7, 11) is 1.20. The summed E-state index contributed by atoms with van der Waals surface area (Å²) in [4.78, 5) is 22.8. The van der Waals surface area contributed by atoms with Gasteiger partial charge in [-0.15, -0.1) is 0 Å². The van der Waals surface area contributed by atoms with E-state index >= 15 is 0 Å². The van der Waals surface area contributed by atoms with E-state index in [-0.39, 0.29) is 13.2 Å². The summed E-state index contributed by atoms with van der Waals surface area (Å²) in [6.45, 7) is 3.17. The predicted molar refractivity (Wildman–Crippen MR) is 72.6 cm³/mol. The third kappa shape index (κ3) is 4.67. The fourth-order valence-corrected chi connectivity index (χ4v) is 2.24. The van der Waals surface area contributed by atoms with Crippen LogP contribution in [0.5, 0.6) is 0 Å². The molecular weight excluding hydrogens is 316 g/mol. The molecule has 6 atom stereocenters. The van der Waals surface area contributed by atoms with E-state index in [2.05, 4.69) is 9.47 Å². The lowest BCUT2D eigenvalue weighted by Gasteiger charge is -2.43. The van der Waals surface area contributed by atoms with Crippen molar-refractivity contribution in [3.05, 3.63) is 0 Å². The Morgan fingerprint density at radius 1 is 0.783 bits per heavy atom. The van der Waals surface area contributed by atoms with Gasteiger partial charge in [0.05, 0.1) is 13.2 Å². The molecule has 1 rings (SSSR count). The van der Waals surface area contributed by atoms with Crippen molar-refractivity contribution < 1.29 is 48.6 Å². The van der Waals surface area contributed by atoms with Crippen LogP contribution in [0.4, 0.5) is 9.59 Å². The summed E-state index contributed by atoms with van der Waals surface area (Å²) in [5, 5.41) is 30.3. The molecule has 1 saturated carbocycles. The Bertz CT molecular complexity index is 400. The van der Waals surface area contributed by atoms with Gasteiger partial charge < -0.3 is 39.0 Å². The van der Waals surface area contributed by atoms with Gasteiger partial charge in [-0.2, -0.15) is 0 Å². The first-order chi connectivity index (χ1) is 10.9. The number of hydrogen-bond acceptors (Lipinski definition) is 10. The summed E-state index contributed by atoms with van der Waals surface area (Å²) >= 11 is 0. The first-order valence-corrected chi connectivity index (χ1v) is 7.11. The van der Waals surface area contributed by atoms with Gasteiger partial charge in [0, 0.05) is 7.11 Å². The summed E-state index contributed by atoms with van der Waals surface area (Å²) in [5.41, 5.74) is 0. The Morgan fingerprint density at radius 3 is 1.65 bits per heavy atom. The average Bonchev–Trinajstić information content (AvgIpc) is 2.50. The van der Waals surface area contributed by atoms with Crippen LogP contribution in [0.3, 0.4) is 0 Å². The van der Waals surface area contributed by atoms with Crippen LogP contribution >= 0.6 is 0 Å². The van der Waals surface area contributed by atoms with Gasteiger partial charge in [0.1, 0.15) is 24.4 Å². The number of rotatable bonds is 5. The van der Waals surface area contributed by atoms with Crippen LogP contribution in [0.1, 0.15) is 13.8 Å². The average molecular weight is 338 g/mol. The lowest BCUT2D eigenvalue weighted by Crippen LogP contribution is -2.66. The van der Waals surface area contributed by atoms with Crippen molar-refractivity contribution in [2.24, 2.45) is 0 Å². The Balaban J connectivity index is 2.87. The molecule has 10 nitrogen and oxygen atoms in total. The molecule has 0 aromatic heterocycles. The normalized spacial score (nSPS) is 33.7. The largest absolute Gasteiger partial charge is 0.508 e. The van der Waals surface area contributed by atoms with Gasteiger partial charge in [0.2, 0.25) is 0 Å². The maximum absolute atomic E-state index is 11.4. The molecule has 0 aliphatic heterocycles. The minimum atomic E-state index is -1.72. The van der Waals surface area contributed by atoms with Crippen LogP contribution in [0.25, 0.3) is 0 Å². The van der Waals surface area contributed by atoms with Crippen molar-refractivity contribution in [2.75, 3.05) is 20.3 Å². The Morgan fingerprint density at radius 2 is 1.22 bits per heavy atom. The lowest BCUT2D eigenvalue weighted by molar-refractivity contribution is -0.235. The van der Waals surface area contributed by atoms with Crippen molar-refractivity contribution in [2.45, 2.75) is 50.5 Å². The molecule has 6 unspecified atom stereocenters. The fraction of sp³-hybridized carbons (Fsp3) is 0.846. The number of carbonyl (C=O) groups is 2. The van der Waals surface area contributed by atoms with Crippen LogP contribution in [0.15, 0.2) is 0 Å². The first-order valence-electron chi connectivity index (χ1n) is 7.11. The number of hydrogen-bond donors (Lipinski definition) is 3. The predicted octanol–water partition coefficient (Wildman–Crippen LogP) is -0.819. The molecule has 134 valence electrons. The standard InChI is InChI=1S/C13H22O10/c1-4-20-12(17)22-9-6(14)7(15)11(10(19-3)8(9)16)23-13(18)21-5-2/h6-11,14-16H,4-5H2,1-3H3. The van der Waals surface area contributed by atoms with Crippen LogP contribution < -0.4 is 0 Å². The number of carbonyl (C=O) groups excluding carboxylic acids is 2. The summed E-state index contributed by atoms with van der Waals surface area (Å²) in [5.74, 6) is 0. The summed E-state index contributed by atoms with van der Waals surface area (Å²) in [6.07, 6.45) is -11.4. The molecule has 0 heterocycles. The maximum Gasteiger partial charge on any atom is 0.508 e. The second-order valence-electron chi connectivity index (χ2n) is 4.70. The van der Waals surface area contributed by atoms with Gasteiger partial charge in [0.15, 0.2) is 12.2 Å². The molecular formula is C13H22O10. The van der Waals surface area contributed by atoms with Crippen molar-refractivity contribution in [3.63, 3.8) is 0 Å². The van der Waals surface area contributed by atoms with E-state index in [4.69, 9.17) is 14.2 Å². The Labute approximate surface area is 132 Å². The molecule has 1 aliphatic carbocycles. The molecule has 0 bridgehead atoms. The highest BCUT2D eigenvalue weighted by Gasteiger charge is 2.53. The number of ether oxygens (including phenoxy) is 5. The molecule has 1 fully saturated rings. The van der Waals surface area contributed by atoms with E-state index < -0.39 is 48.9 Å². The number of aliphatic hydroxyl groups excluding tert-OH is 3. The zero-order chi connectivity index (χ0) is 17.6. The summed E-state index contributed by atoms with van der Waals surface area (Å²) in [6, 6.07) is 0. The SMILES string of the molecule is CCOC(=O)OC1C(O)C(O)C(OC(=O)OCC)C(OC)C1O. The zero-order valence-corrected chi connectivity index (χ0v) is 13.1. The minimum Gasteiger partial charge on any atom is -0.435 e. The van der Waals surface area contributed by atoms with Gasteiger partial charge in [-0.3, -0.25) is 0 Å². The van der Waals surface area contributed by atoms with E-state index in [1.165, 1.54) is 7.11 Å². The van der Waals surface area contributed by atoms with Crippen molar-refractivity contribution in [1.82, 2.24) is 0 Å². The second kappa shape index (κ2) is 8.87. The highest BCUT2D eigenvalue weighted by Crippen LogP contribution is 2.28. The van der Waals surface area contributed by atoms with Crippen LogP contribution in [0.2, 0.25) is 0 Å². The molecule has 0 spiro atoms. The van der Waals surface area contributed by atoms with E-state index in [1.54, 1.807) is 13.8 Å². The van der Waals surface area contributed by atoms with E-state index in [0.717, 1.165) is 0 Å². The van der Waals surface area contributed by atoms with Crippen LogP contribution in [-0.4, -0.2) is 84.6 Å². The highest BCUT2D eigenvalue weighted by molar-refractivity contribution is 5.61. The minimum absolute atomic E-state index is 0.0304. The molecule has 0 amide bonds. The fourth-order valence-electron chi connectivity index (χ4n) is 2.24. The molecule has 3 N–H and O–H groups in total. The van der Waals surface area contributed by atoms with Crippen molar-refractivity contribution in [1.29, 1.82) is 0 Å². The van der Waals surface area contributed by atoms with E-state index in [1.807, 2.05) is 0 Å². The quantitative estimate of drug-likeness (QED) is 0.544. The van der Waals surface area contributed by atoms with Gasteiger partial charge in [-0.05, 0) is 13.8 Å². The summed E-state index contributed by atoms with van der Waals surface area (Å²) < 4.78 is 23.8. The molecule has 0 aromatic carbocycles. The number of methoxy groups -OCH3 is 1. The van der Waals surface area contributed by atoms with Crippen molar-refractivity contribution in [3.8, 4) is 0 Å². The third-order valence-corrected chi connectivity index (χ3v) is 3.28. The Kier molecular flexibility index (Phi) is 7.49. The lowest BCUT2D eigenvalue weighted by atomic mass is 9.84. The van der Waals surface area contributed by atoms with Gasteiger partial charge in [-0.1, -0.05) is 0 Å². The van der Waals surface area contributed by atoms with Crippen molar-refractivity contribution >= 4 is 12.3 Å². The van der Waals surface area contributed by atoms with E-state index in [0.29, 0.717) is 0 Å². The molecule has 23 heavy (non-hydrogen) atoms. The molecule has 0 aromatic rings. The molecule has 1 aliphatic rings. The van der Waals surface area contributed by atoms with Gasteiger partial charge >= 0.3 is 12.3 Å². The third-order valence-electron chi connectivity index (χ3n) is 3.28. The van der Waals surface area contributed by atoms with Gasteiger partial charge in [-0.25, -0.2) is 9.59 Å². The molecule has 0 radical (unpaired) electrons. The maximum atomic E-state index is 11.4. The monoisotopic (exact) mass is 338 g/mol. The zero-order valence-electron chi connectivity index (χ0n) is 13.1. The Hall–Kier alpha value is -1.62. The number of aliphatic hydroxyl groups is 3. The molecule has 10 heteroatoms. The van der Waals surface area contributed by atoms with Crippen LogP contribution in [0, 0.1) is 0 Å². The van der Waals surface area contributed by atoms with Crippen LogP contribution in [-0.2, 0) is 23.7 Å². The first kappa shape index (κ1) is 19.4. The smallest absolute Gasteiger partial charge is 0.435 e. The highest BCUT2D eigenvalue weighted by atomic mass is 16.7. The topological polar surface area (TPSA) is 141 Å². The van der Waals surface area contributed by atoms with E-state index in [9.17, 15) is 24.9 Å². The van der Waals surface area contributed by atoms with Gasteiger partial charge in [0.25, 0.3) is 0 Å².